The van der Waals surface area contributed by atoms with Gasteiger partial charge in [-0.15, -0.1) is 0 Å². The Morgan fingerprint density at radius 1 is 0.930 bits per heavy atom. The lowest BCUT2D eigenvalue weighted by Gasteiger charge is -2.41. The molecule has 322 valence electrons. The van der Waals surface area contributed by atoms with Crippen molar-refractivity contribution in [2.45, 2.75) is 141 Å². The molecule has 1 aromatic carbocycles. The maximum atomic E-state index is 14.4. The molecule has 1 saturated heterocycles. The summed E-state index contributed by atoms with van der Waals surface area (Å²) in [7, 11) is 7.99. The zero-order chi connectivity index (χ0) is 42.9. The highest BCUT2D eigenvalue weighted by Gasteiger charge is 2.63. The fourth-order valence-corrected chi connectivity index (χ4v) is 8.89. The number of hydrogen-bond acceptors (Lipinski definition) is 10. The molecule has 4 amide bonds. The van der Waals surface area contributed by atoms with Gasteiger partial charge in [0, 0.05) is 33.7 Å². The van der Waals surface area contributed by atoms with Gasteiger partial charge in [-0.05, 0) is 56.6 Å². The molecule has 11 atom stereocenters. The zero-order valence-corrected chi connectivity index (χ0v) is 37.5. The van der Waals surface area contributed by atoms with E-state index in [-0.39, 0.29) is 59.1 Å². The van der Waals surface area contributed by atoms with Crippen LogP contribution in [0.1, 0.15) is 99.0 Å². The van der Waals surface area contributed by atoms with Crippen molar-refractivity contribution >= 4 is 42.2 Å². The van der Waals surface area contributed by atoms with Crippen LogP contribution in [0.25, 0.3) is 0 Å². The summed E-state index contributed by atoms with van der Waals surface area (Å²) in [5.41, 5.74) is -0.224. The summed E-state index contributed by atoms with van der Waals surface area (Å²) in [6, 6.07) is 7.41. The van der Waals surface area contributed by atoms with Gasteiger partial charge in [-0.1, -0.05) is 85.2 Å². The summed E-state index contributed by atoms with van der Waals surface area (Å²) in [6.45, 7) is 16.0. The van der Waals surface area contributed by atoms with Gasteiger partial charge in [0.15, 0.2) is 0 Å². The van der Waals surface area contributed by atoms with Crippen LogP contribution >= 0.6 is 12.6 Å². The minimum atomic E-state index is -1.17. The number of ether oxygens (including phenoxy) is 3. The Hall–Kier alpha value is -3.20. The summed E-state index contributed by atoms with van der Waals surface area (Å²) >= 11 is 4.55. The van der Waals surface area contributed by atoms with Gasteiger partial charge in [0.25, 0.3) is 0 Å². The second-order valence-electron chi connectivity index (χ2n) is 16.9. The van der Waals surface area contributed by atoms with Crippen LogP contribution in [0.4, 0.5) is 0 Å². The summed E-state index contributed by atoms with van der Waals surface area (Å²) in [6.07, 6.45) is 1.21. The van der Waals surface area contributed by atoms with Crippen LogP contribution in [0.15, 0.2) is 30.3 Å². The Balaban J connectivity index is 1.80. The fraction of sp³-hybridized carbons (Fsp3) is 0.744. The van der Waals surface area contributed by atoms with Gasteiger partial charge in [-0.3, -0.25) is 24.1 Å². The predicted molar refractivity (Wildman–Crippen MR) is 224 cm³/mol. The van der Waals surface area contributed by atoms with Gasteiger partial charge in [0.2, 0.25) is 23.6 Å². The number of nitrogens with one attached hydrogen (secondary N) is 2. The largest absolute Gasteiger partial charge is 0.467 e. The molecule has 0 aromatic heterocycles. The third-order valence-electron chi connectivity index (χ3n) is 12.5. The van der Waals surface area contributed by atoms with E-state index >= 15 is 0 Å². The topological polar surface area (TPSA) is 147 Å². The van der Waals surface area contributed by atoms with Crippen LogP contribution in [0, 0.1) is 23.7 Å². The quantitative estimate of drug-likeness (QED) is 0.0928. The average Bonchev–Trinajstić information content (AvgIpc) is 3.71. The highest BCUT2D eigenvalue weighted by Crippen LogP contribution is 2.52. The minimum absolute atomic E-state index is 0.000396. The number of rotatable bonds is 21. The maximum absolute atomic E-state index is 14.4. The first-order valence-electron chi connectivity index (χ1n) is 20.6. The van der Waals surface area contributed by atoms with E-state index in [1.165, 1.54) is 14.2 Å². The first kappa shape index (κ1) is 48.2. The van der Waals surface area contributed by atoms with Crippen molar-refractivity contribution in [1.29, 1.82) is 0 Å². The van der Waals surface area contributed by atoms with Crippen molar-refractivity contribution in [3.05, 3.63) is 35.9 Å². The van der Waals surface area contributed by atoms with E-state index in [0.29, 0.717) is 19.4 Å². The van der Waals surface area contributed by atoms with E-state index in [9.17, 15) is 24.0 Å². The summed E-state index contributed by atoms with van der Waals surface area (Å²) in [5, 5.41) is 5.90. The Kier molecular flexibility index (Phi) is 17.9. The molecular weight excluding hydrogens is 747 g/mol. The van der Waals surface area contributed by atoms with Crippen molar-refractivity contribution in [1.82, 2.24) is 25.3 Å². The minimum Gasteiger partial charge on any atom is -0.467 e. The van der Waals surface area contributed by atoms with E-state index in [4.69, 9.17) is 14.2 Å². The number of benzene rings is 1. The molecule has 2 N–H and O–H groups in total. The second-order valence-corrected chi connectivity index (χ2v) is 17.7. The first-order chi connectivity index (χ1) is 26.8. The molecule has 1 heterocycles. The molecule has 3 rings (SSSR count). The van der Waals surface area contributed by atoms with Crippen molar-refractivity contribution in [2.24, 2.45) is 23.7 Å². The Labute approximate surface area is 347 Å². The van der Waals surface area contributed by atoms with Gasteiger partial charge in [-0.2, -0.15) is 12.6 Å². The molecule has 1 aliphatic carbocycles. The standard InChI is InChI=1S/C43H71N5O8S/c1-14-27(6)37(47(10)41(52)35(25(2)3)44-40(51)36(26(4)5)46(9)29(8)57)33(54-11)23-34(49)48-22-18-21-32(48)38(55-12)28(7)39(50)45-43(42(53)56-13)24-31(43)30-19-16-15-17-20-30/h15-17,19-20,25-29,31-33,35-38,57H,14,18,21-24H2,1-13H3,(H,44,51)(H,45,50)/t27-,28+,29?,31-,32-,33+,35-,36-,37-,38+,43?/m0/s1. The highest BCUT2D eigenvalue weighted by molar-refractivity contribution is 7.80. The summed E-state index contributed by atoms with van der Waals surface area (Å²) < 4.78 is 17.2. The van der Waals surface area contributed by atoms with Crippen LogP contribution in [-0.2, 0) is 38.2 Å². The molecule has 1 aliphatic heterocycles. The number of nitrogens with zero attached hydrogens (tertiary/aromatic N) is 3. The third kappa shape index (κ3) is 11.1. The van der Waals surface area contributed by atoms with Gasteiger partial charge in [-0.25, -0.2) is 4.79 Å². The highest BCUT2D eigenvalue weighted by atomic mass is 32.1. The number of carbonyl (C=O) groups excluding carboxylic acids is 5. The zero-order valence-electron chi connectivity index (χ0n) is 36.6. The van der Waals surface area contributed by atoms with Crippen LogP contribution in [0.2, 0.25) is 0 Å². The van der Waals surface area contributed by atoms with Gasteiger partial charge >= 0.3 is 5.97 Å². The molecular formula is C43H71N5O8S. The Bertz CT molecular complexity index is 1510. The summed E-state index contributed by atoms with van der Waals surface area (Å²) in [4.78, 5) is 74.7. The number of methoxy groups -OCH3 is 3. The normalized spacial score (nSPS) is 23.6. The molecule has 14 heteroatoms. The molecule has 1 aromatic rings. The molecule has 0 radical (unpaired) electrons. The Morgan fingerprint density at radius 3 is 2.07 bits per heavy atom. The number of hydrogen-bond donors (Lipinski definition) is 3. The Morgan fingerprint density at radius 2 is 1.56 bits per heavy atom. The van der Waals surface area contributed by atoms with Crippen LogP contribution in [0.5, 0.6) is 0 Å². The molecule has 0 spiro atoms. The van der Waals surface area contributed by atoms with E-state index in [1.807, 2.05) is 90.7 Å². The fourth-order valence-electron chi connectivity index (χ4n) is 8.75. The van der Waals surface area contributed by atoms with E-state index in [2.05, 4.69) is 23.3 Å². The molecule has 13 nitrogen and oxygen atoms in total. The lowest BCUT2D eigenvalue weighted by molar-refractivity contribution is -0.149. The van der Waals surface area contributed by atoms with E-state index in [1.54, 1.807) is 30.9 Å². The molecule has 2 unspecified atom stereocenters. The van der Waals surface area contributed by atoms with E-state index < -0.39 is 53.8 Å². The number of thiol groups is 1. The number of likely N-dealkylation sites (tertiary alicyclic amines) is 1. The molecule has 57 heavy (non-hydrogen) atoms. The van der Waals surface area contributed by atoms with Crippen LogP contribution < -0.4 is 10.6 Å². The van der Waals surface area contributed by atoms with Crippen LogP contribution in [0.3, 0.4) is 0 Å². The second kappa shape index (κ2) is 21.2. The molecule has 2 aliphatic rings. The smallest absolute Gasteiger partial charge is 0.332 e. The lowest BCUT2D eigenvalue weighted by Crippen LogP contribution is -2.60. The number of likely N-dealkylation sites (N-methyl/N-ethyl adjacent to an activating group) is 2. The number of carbonyl (C=O) groups is 5. The third-order valence-corrected chi connectivity index (χ3v) is 12.8. The summed E-state index contributed by atoms with van der Waals surface area (Å²) in [5.74, 6) is -2.69. The van der Waals surface area contributed by atoms with Crippen molar-refractivity contribution < 1.29 is 38.2 Å². The van der Waals surface area contributed by atoms with Gasteiger partial charge in [0.1, 0.15) is 11.6 Å². The molecule has 1 saturated carbocycles. The SMILES string of the molecule is CC[C@H](C)[C@@H]([C@@H](CC(=O)N1CCC[C@H]1[C@H](OC)[C@@H](C)C(=O)NC1(C(=O)OC)C[C@H]1c1ccccc1)OC)N(C)C(=O)[C@@H](NC(=O)[C@H](C(C)C)N(C)C(C)S)C(C)C. The number of amides is 4. The average molecular weight is 818 g/mol. The number of esters is 1. The van der Waals surface area contributed by atoms with Crippen molar-refractivity contribution in [3.8, 4) is 0 Å². The lowest BCUT2D eigenvalue weighted by atomic mass is 9.89. The van der Waals surface area contributed by atoms with Crippen molar-refractivity contribution in [2.75, 3.05) is 42.0 Å². The van der Waals surface area contributed by atoms with Gasteiger partial charge in [0.05, 0.1) is 55.2 Å². The van der Waals surface area contributed by atoms with Gasteiger partial charge < -0.3 is 34.6 Å². The van der Waals surface area contributed by atoms with Crippen molar-refractivity contribution in [3.63, 3.8) is 0 Å². The monoisotopic (exact) mass is 818 g/mol. The van der Waals surface area contributed by atoms with Crippen LogP contribution in [-0.4, -0.2) is 134 Å². The maximum Gasteiger partial charge on any atom is 0.332 e. The first-order valence-corrected chi connectivity index (χ1v) is 21.1. The molecule has 0 bridgehead atoms. The molecule has 2 fully saturated rings. The predicted octanol–water partition coefficient (Wildman–Crippen LogP) is 4.50. The van der Waals surface area contributed by atoms with E-state index in [0.717, 1.165) is 18.4 Å².